The number of carbonyl (C=O) groups excluding carboxylic acids is 2. The molecule has 0 spiro atoms. The van der Waals surface area contributed by atoms with Crippen LogP contribution >= 0.6 is 11.6 Å². The maximum Gasteiger partial charge on any atom is 0.272 e. The number of likely N-dealkylation sites (tertiary alicyclic amines) is 1. The van der Waals surface area contributed by atoms with Crippen molar-refractivity contribution in [1.82, 2.24) is 14.9 Å². The van der Waals surface area contributed by atoms with Crippen molar-refractivity contribution < 1.29 is 9.59 Å². The average Bonchev–Trinajstić information content (AvgIpc) is 2.67. The van der Waals surface area contributed by atoms with Crippen molar-refractivity contribution in [2.45, 2.75) is 32.6 Å². The van der Waals surface area contributed by atoms with Gasteiger partial charge in [-0.3, -0.25) is 9.59 Å². The summed E-state index contributed by atoms with van der Waals surface area (Å²) in [4.78, 5) is 35.7. The van der Waals surface area contributed by atoms with E-state index in [9.17, 15) is 9.59 Å². The molecule has 142 valence electrons. The van der Waals surface area contributed by atoms with Gasteiger partial charge >= 0.3 is 0 Å². The highest BCUT2D eigenvalue weighted by Crippen LogP contribution is 2.24. The second-order valence-electron chi connectivity index (χ2n) is 7.15. The molecule has 1 aromatic carbocycles. The fourth-order valence-electron chi connectivity index (χ4n) is 3.28. The molecule has 0 aliphatic carbocycles. The topological polar surface area (TPSA) is 89.2 Å². The van der Waals surface area contributed by atoms with Crippen molar-refractivity contribution in [2.75, 3.05) is 18.8 Å². The number of anilines is 1. The number of Topliss-reactive ketones (excluding diaryl/α,β-unsaturated/α-hetero) is 1. The first-order valence-corrected chi connectivity index (χ1v) is 9.46. The normalized spacial score (nSPS) is 17.2. The lowest BCUT2D eigenvalue weighted by atomic mass is 9.90. The second kappa shape index (κ2) is 8.05. The number of hydrogen-bond donors (Lipinski definition) is 1. The van der Waals surface area contributed by atoms with Crippen LogP contribution < -0.4 is 5.73 Å². The monoisotopic (exact) mass is 386 g/mol. The van der Waals surface area contributed by atoms with E-state index in [1.807, 2.05) is 13.8 Å². The van der Waals surface area contributed by atoms with Crippen LogP contribution in [-0.2, 0) is 0 Å². The van der Waals surface area contributed by atoms with Crippen LogP contribution in [0.2, 0.25) is 5.02 Å². The Morgan fingerprint density at radius 2 is 1.93 bits per heavy atom. The lowest BCUT2D eigenvalue weighted by Gasteiger charge is -2.32. The van der Waals surface area contributed by atoms with Crippen LogP contribution in [0.5, 0.6) is 0 Å². The number of aromatic nitrogens is 2. The summed E-state index contributed by atoms with van der Waals surface area (Å²) in [5.74, 6) is -0.167. The molecule has 1 fully saturated rings. The summed E-state index contributed by atoms with van der Waals surface area (Å²) in [6, 6.07) is 8.56. The highest BCUT2D eigenvalue weighted by Gasteiger charge is 2.30. The van der Waals surface area contributed by atoms with Gasteiger partial charge in [0.05, 0.1) is 0 Å². The van der Waals surface area contributed by atoms with Gasteiger partial charge in [0.1, 0.15) is 5.69 Å². The summed E-state index contributed by atoms with van der Waals surface area (Å²) in [6.07, 6.45) is 1.53. The highest BCUT2D eigenvalue weighted by atomic mass is 35.5. The van der Waals surface area contributed by atoms with Gasteiger partial charge in [-0.25, -0.2) is 9.97 Å². The van der Waals surface area contributed by atoms with Gasteiger partial charge in [0.2, 0.25) is 5.95 Å². The number of nitrogens with two attached hydrogens (primary N) is 1. The third kappa shape index (κ3) is 4.45. The molecular formula is C20H23ClN4O2. The molecule has 3 rings (SSSR count). The second-order valence-corrected chi connectivity index (χ2v) is 7.59. The van der Waals surface area contributed by atoms with Gasteiger partial charge in [-0.1, -0.05) is 25.4 Å². The van der Waals surface area contributed by atoms with Crippen molar-refractivity contribution in [3.63, 3.8) is 0 Å². The molecule has 1 aliphatic heterocycles. The van der Waals surface area contributed by atoms with Crippen LogP contribution in [0.15, 0.2) is 30.3 Å². The Kier molecular flexibility index (Phi) is 5.75. The van der Waals surface area contributed by atoms with Crippen LogP contribution in [0.4, 0.5) is 5.95 Å². The molecule has 7 heteroatoms. The first-order chi connectivity index (χ1) is 12.8. The Hall–Kier alpha value is -2.47. The number of ketones is 1. The smallest absolute Gasteiger partial charge is 0.272 e. The quantitative estimate of drug-likeness (QED) is 0.811. The van der Waals surface area contributed by atoms with Gasteiger partial charge in [0.15, 0.2) is 5.78 Å². The predicted octanol–water partition coefficient (Wildman–Crippen LogP) is 3.57. The number of amides is 1. The van der Waals surface area contributed by atoms with Crippen LogP contribution in [0.25, 0.3) is 0 Å². The van der Waals surface area contributed by atoms with E-state index in [0.717, 1.165) is 18.5 Å². The van der Waals surface area contributed by atoms with Crippen LogP contribution in [0, 0.1) is 5.92 Å². The Morgan fingerprint density at radius 1 is 1.22 bits per heavy atom. The van der Waals surface area contributed by atoms with Gasteiger partial charge < -0.3 is 10.6 Å². The van der Waals surface area contributed by atoms with Crippen molar-refractivity contribution in [1.29, 1.82) is 0 Å². The fourth-order valence-corrected chi connectivity index (χ4v) is 3.40. The molecule has 0 unspecified atom stereocenters. The maximum absolute atomic E-state index is 12.9. The van der Waals surface area contributed by atoms with E-state index >= 15 is 0 Å². The van der Waals surface area contributed by atoms with E-state index in [0.29, 0.717) is 23.7 Å². The third-order valence-corrected chi connectivity index (χ3v) is 5.03. The average molecular weight is 387 g/mol. The highest BCUT2D eigenvalue weighted by molar-refractivity contribution is 6.30. The number of hydrogen-bond acceptors (Lipinski definition) is 5. The van der Waals surface area contributed by atoms with Crippen molar-refractivity contribution >= 4 is 29.2 Å². The Labute approximate surface area is 163 Å². The summed E-state index contributed by atoms with van der Waals surface area (Å²) in [5.41, 5.74) is 7.40. The summed E-state index contributed by atoms with van der Waals surface area (Å²) in [5, 5.41) is 0.592. The zero-order valence-electron chi connectivity index (χ0n) is 15.5. The van der Waals surface area contributed by atoms with Crippen LogP contribution in [-0.4, -0.2) is 39.6 Å². The molecule has 1 atom stereocenters. The molecule has 1 aliphatic rings. The largest absolute Gasteiger partial charge is 0.368 e. The van der Waals surface area contributed by atoms with Gasteiger partial charge in [-0.05, 0) is 49.1 Å². The number of piperidine rings is 1. The Morgan fingerprint density at radius 3 is 2.59 bits per heavy atom. The molecule has 2 N–H and O–H groups in total. The van der Waals surface area contributed by atoms with Crippen LogP contribution in [0.3, 0.4) is 0 Å². The Bertz CT molecular complexity index is 852. The fraction of sp³-hybridized carbons (Fsp3) is 0.400. The molecule has 1 amide bonds. The maximum atomic E-state index is 12.9. The Balaban J connectivity index is 1.77. The molecule has 2 heterocycles. The van der Waals surface area contributed by atoms with Crippen molar-refractivity contribution in [2.24, 2.45) is 5.92 Å². The van der Waals surface area contributed by atoms with E-state index < -0.39 is 0 Å². The zero-order chi connectivity index (χ0) is 19.6. The molecule has 0 saturated carbocycles. The first-order valence-electron chi connectivity index (χ1n) is 9.08. The van der Waals surface area contributed by atoms with Crippen molar-refractivity contribution in [3.05, 3.63) is 52.3 Å². The zero-order valence-corrected chi connectivity index (χ0v) is 16.2. The molecule has 2 aromatic rings. The van der Waals surface area contributed by atoms with Gasteiger partial charge in [-0.2, -0.15) is 0 Å². The van der Waals surface area contributed by atoms with E-state index in [1.54, 1.807) is 35.2 Å². The third-order valence-electron chi connectivity index (χ3n) is 4.78. The molecular weight excluding hydrogens is 364 g/mol. The number of rotatable bonds is 4. The molecule has 0 bridgehead atoms. The molecule has 1 aromatic heterocycles. The summed E-state index contributed by atoms with van der Waals surface area (Å²) in [6.45, 7) is 4.95. The number of benzene rings is 1. The summed E-state index contributed by atoms with van der Waals surface area (Å²) >= 11 is 5.90. The lowest BCUT2D eigenvalue weighted by molar-refractivity contribution is 0.0632. The van der Waals surface area contributed by atoms with Gasteiger partial charge in [-0.15, -0.1) is 0 Å². The minimum Gasteiger partial charge on any atom is -0.368 e. The molecule has 1 saturated heterocycles. The minimum absolute atomic E-state index is 0.0363. The first kappa shape index (κ1) is 19.3. The van der Waals surface area contributed by atoms with E-state index in [4.69, 9.17) is 17.3 Å². The number of nitrogen functional groups attached to an aromatic ring is 1. The SMILES string of the molecule is CC(C)c1cc(C(=O)N2CCC[C@H](C(=O)c3ccc(Cl)cc3)C2)nc(N)n1. The summed E-state index contributed by atoms with van der Waals surface area (Å²) in [7, 11) is 0. The van der Waals surface area contributed by atoms with E-state index in [2.05, 4.69) is 9.97 Å². The predicted molar refractivity (Wildman–Crippen MR) is 105 cm³/mol. The molecule has 6 nitrogen and oxygen atoms in total. The standard InChI is InChI=1S/C20H23ClN4O2/c1-12(2)16-10-17(24-20(22)23-16)19(27)25-9-3-4-14(11-25)18(26)13-5-7-15(21)8-6-13/h5-8,10,12,14H,3-4,9,11H2,1-2H3,(H2,22,23,24)/t14-/m0/s1. The van der Waals surface area contributed by atoms with E-state index in [-0.39, 0.29) is 35.2 Å². The van der Waals surface area contributed by atoms with E-state index in [1.165, 1.54) is 0 Å². The van der Waals surface area contributed by atoms with Gasteiger partial charge in [0.25, 0.3) is 5.91 Å². The molecule has 0 radical (unpaired) electrons. The van der Waals surface area contributed by atoms with Crippen molar-refractivity contribution in [3.8, 4) is 0 Å². The minimum atomic E-state index is -0.229. The number of nitrogens with zero attached hydrogens (tertiary/aromatic N) is 3. The lowest BCUT2D eigenvalue weighted by Crippen LogP contribution is -2.42. The van der Waals surface area contributed by atoms with Gasteiger partial charge in [0, 0.05) is 35.3 Å². The number of halogens is 1. The number of carbonyl (C=O) groups is 2. The van der Waals surface area contributed by atoms with Crippen LogP contribution in [0.1, 0.15) is 59.1 Å². The molecule has 27 heavy (non-hydrogen) atoms. The summed E-state index contributed by atoms with van der Waals surface area (Å²) < 4.78 is 0.